The zero-order chi connectivity index (χ0) is 13.9. The van der Waals surface area contributed by atoms with Crippen molar-refractivity contribution in [3.8, 4) is 0 Å². The van der Waals surface area contributed by atoms with Gasteiger partial charge in [0.05, 0.1) is 11.5 Å². The maximum absolute atomic E-state index is 11.7. The Morgan fingerprint density at radius 2 is 2.05 bits per heavy atom. The van der Waals surface area contributed by atoms with Crippen LogP contribution in [-0.2, 0) is 9.53 Å². The molecule has 0 spiro atoms. The Morgan fingerprint density at radius 1 is 1.37 bits per heavy atom. The molecule has 1 aliphatic heterocycles. The van der Waals surface area contributed by atoms with E-state index in [1.807, 2.05) is 7.05 Å². The predicted molar refractivity (Wildman–Crippen MR) is 74.2 cm³/mol. The average molecular weight is 269 g/mol. The maximum atomic E-state index is 11.7. The van der Waals surface area contributed by atoms with E-state index in [9.17, 15) is 9.90 Å². The van der Waals surface area contributed by atoms with Gasteiger partial charge >= 0.3 is 5.97 Å². The van der Waals surface area contributed by atoms with Gasteiger partial charge in [0.25, 0.3) is 0 Å². The van der Waals surface area contributed by atoms with Gasteiger partial charge in [-0.05, 0) is 51.5 Å². The number of likely N-dealkylation sites (N-methyl/N-ethyl adjacent to an activating group) is 1. The normalized spacial score (nSPS) is 35.7. The summed E-state index contributed by atoms with van der Waals surface area (Å²) in [4.78, 5) is 13.9. The Bertz CT molecular complexity index is 305. The number of carboxylic acids is 1. The number of nitrogens with zero attached hydrogens (tertiary/aromatic N) is 1. The molecule has 4 nitrogen and oxygen atoms in total. The lowest BCUT2D eigenvalue weighted by Crippen LogP contribution is -2.45. The standard InChI is InChI=1S/C15H27NO3/c1-12-5-7-15(8-6-12,14(17)18)11-16(2)10-13-4-3-9-19-13/h12-13H,3-11H2,1-2H3,(H,17,18). The number of hydrogen-bond donors (Lipinski definition) is 1. The molecule has 19 heavy (non-hydrogen) atoms. The first kappa shape index (κ1) is 14.8. The summed E-state index contributed by atoms with van der Waals surface area (Å²) in [5.41, 5.74) is -0.528. The smallest absolute Gasteiger partial charge is 0.310 e. The first-order valence-electron chi connectivity index (χ1n) is 7.55. The summed E-state index contributed by atoms with van der Waals surface area (Å²) in [6, 6.07) is 0. The number of hydrogen-bond acceptors (Lipinski definition) is 3. The number of carbonyl (C=O) groups is 1. The number of aliphatic carboxylic acids is 1. The van der Waals surface area contributed by atoms with E-state index < -0.39 is 11.4 Å². The topological polar surface area (TPSA) is 49.8 Å². The first-order valence-corrected chi connectivity index (χ1v) is 7.55. The van der Waals surface area contributed by atoms with E-state index in [4.69, 9.17) is 4.74 Å². The lowest BCUT2D eigenvalue weighted by atomic mass is 9.70. The molecule has 0 bridgehead atoms. The van der Waals surface area contributed by atoms with Crippen LogP contribution in [0.4, 0.5) is 0 Å². The molecule has 1 atom stereocenters. The van der Waals surface area contributed by atoms with E-state index in [1.165, 1.54) is 0 Å². The fourth-order valence-electron chi connectivity index (χ4n) is 3.47. The summed E-state index contributed by atoms with van der Waals surface area (Å²) in [6.07, 6.45) is 6.28. The minimum Gasteiger partial charge on any atom is -0.481 e. The predicted octanol–water partition coefficient (Wildman–Crippen LogP) is 2.38. The molecule has 1 aliphatic carbocycles. The van der Waals surface area contributed by atoms with Crippen LogP contribution in [0, 0.1) is 11.3 Å². The lowest BCUT2D eigenvalue weighted by Gasteiger charge is -2.38. The second-order valence-electron chi connectivity index (χ2n) is 6.60. The molecule has 0 amide bonds. The molecule has 1 unspecified atom stereocenters. The first-order chi connectivity index (χ1) is 9.02. The highest BCUT2D eigenvalue weighted by atomic mass is 16.5. The highest BCUT2D eigenvalue weighted by Gasteiger charge is 2.42. The maximum Gasteiger partial charge on any atom is 0.310 e. The zero-order valence-electron chi connectivity index (χ0n) is 12.2. The Balaban J connectivity index is 1.90. The van der Waals surface area contributed by atoms with Crippen molar-refractivity contribution in [3.05, 3.63) is 0 Å². The Hall–Kier alpha value is -0.610. The molecule has 1 N–H and O–H groups in total. The molecular weight excluding hydrogens is 242 g/mol. The molecule has 0 aromatic carbocycles. The van der Waals surface area contributed by atoms with Crippen molar-refractivity contribution in [1.82, 2.24) is 4.90 Å². The van der Waals surface area contributed by atoms with Crippen molar-refractivity contribution in [2.45, 2.75) is 51.6 Å². The van der Waals surface area contributed by atoms with Crippen molar-refractivity contribution in [1.29, 1.82) is 0 Å². The molecule has 0 radical (unpaired) electrons. The summed E-state index contributed by atoms with van der Waals surface area (Å²) in [5, 5.41) is 9.63. The van der Waals surface area contributed by atoms with Crippen LogP contribution in [0.15, 0.2) is 0 Å². The number of ether oxygens (including phenoxy) is 1. The van der Waals surface area contributed by atoms with Gasteiger partial charge in [-0.25, -0.2) is 0 Å². The fourth-order valence-corrected chi connectivity index (χ4v) is 3.47. The summed E-state index contributed by atoms with van der Waals surface area (Å²) in [7, 11) is 2.03. The van der Waals surface area contributed by atoms with Crippen LogP contribution in [0.1, 0.15) is 45.4 Å². The van der Waals surface area contributed by atoms with E-state index in [1.54, 1.807) is 0 Å². The molecular formula is C15H27NO3. The number of rotatable bonds is 5. The molecule has 4 heteroatoms. The molecule has 0 aromatic heterocycles. The van der Waals surface area contributed by atoms with Crippen LogP contribution in [0.5, 0.6) is 0 Å². The highest BCUT2D eigenvalue weighted by Crippen LogP contribution is 2.39. The van der Waals surface area contributed by atoms with E-state index in [0.29, 0.717) is 18.6 Å². The van der Waals surface area contributed by atoms with Crippen molar-refractivity contribution in [2.75, 3.05) is 26.7 Å². The van der Waals surface area contributed by atoms with Gasteiger partial charge in [0, 0.05) is 19.7 Å². The molecule has 1 heterocycles. The lowest BCUT2D eigenvalue weighted by molar-refractivity contribution is -0.153. The van der Waals surface area contributed by atoms with Gasteiger partial charge in [0.2, 0.25) is 0 Å². The van der Waals surface area contributed by atoms with E-state index in [2.05, 4.69) is 11.8 Å². The molecule has 110 valence electrons. The van der Waals surface area contributed by atoms with Crippen molar-refractivity contribution in [2.24, 2.45) is 11.3 Å². The van der Waals surface area contributed by atoms with Crippen LogP contribution in [0.3, 0.4) is 0 Å². The van der Waals surface area contributed by atoms with Gasteiger partial charge in [0.15, 0.2) is 0 Å². The second-order valence-corrected chi connectivity index (χ2v) is 6.60. The molecule has 1 saturated carbocycles. The fraction of sp³-hybridized carbons (Fsp3) is 0.933. The van der Waals surface area contributed by atoms with E-state index >= 15 is 0 Å². The molecule has 0 aromatic rings. The van der Waals surface area contributed by atoms with Gasteiger partial charge < -0.3 is 14.7 Å². The third kappa shape index (κ3) is 3.69. The van der Waals surface area contributed by atoms with Crippen molar-refractivity contribution in [3.63, 3.8) is 0 Å². The minimum absolute atomic E-state index is 0.304. The SMILES string of the molecule is CC1CCC(CN(C)CC2CCCO2)(C(=O)O)CC1. The number of carboxylic acid groups (broad SMARTS) is 1. The summed E-state index contributed by atoms with van der Waals surface area (Å²) in [5.74, 6) is 0.0644. The van der Waals surface area contributed by atoms with Gasteiger partial charge in [-0.2, -0.15) is 0 Å². The van der Waals surface area contributed by atoms with Gasteiger partial charge in [-0.1, -0.05) is 6.92 Å². The third-order valence-corrected chi connectivity index (χ3v) is 4.80. The molecule has 2 rings (SSSR count). The van der Waals surface area contributed by atoms with E-state index in [-0.39, 0.29) is 0 Å². The quantitative estimate of drug-likeness (QED) is 0.832. The third-order valence-electron chi connectivity index (χ3n) is 4.80. The van der Waals surface area contributed by atoms with Gasteiger partial charge in [0.1, 0.15) is 0 Å². The second kappa shape index (κ2) is 6.23. The molecule has 2 fully saturated rings. The molecule has 2 aliphatic rings. The van der Waals surface area contributed by atoms with Gasteiger partial charge in [-0.3, -0.25) is 4.79 Å². The Kier molecular flexibility index (Phi) is 4.85. The van der Waals surface area contributed by atoms with Crippen LogP contribution in [-0.4, -0.2) is 48.8 Å². The van der Waals surface area contributed by atoms with Crippen LogP contribution in [0.2, 0.25) is 0 Å². The Labute approximate surface area is 116 Å². The Morgan fingerprint density at radius 3 is 2.58 bits per heavy atom. The summed E-state index contributed by atoms with van der Waals surface area (Å²) >= 11 is 0. The van der Waals surface area contributed by atoms with Crippen molar-refractivity contribution < 1.29 is 14.6 Å². The van der Waals surface area contributed by atoms with E-state index in [0.717, 1.165) is 51.7 Å². The van der Waals surface area contributed by atoms with Crippen molar-refractivity contribution >= 4 is 5.97 Å². The van der Waals surface area contributed by atoms with Gasteiger partial charge in [-0.15, -0.1) is 0 Å². The monoisotopic (exact) mass is 269 g/mol. The van der Waals surface area contributed by atoms with Crippen LogP contribution in [0.25, 0.3) is 0 Å². The van der Waals surface area contributed by atoms with Crippen LogP contribution < -0.4 is 0 Å². The summed E-state index contributed by atoms with van der Waals surface area (Å²) in [6.45, 7) is 4.61. The minimum atomic E-state index is -0.612. The van der Waals surface area contributed by atoms with Crippen LogP contribution >= 0.6 is 0 Å². The summed E-state index contributed by atoms with van der Waals surface area (Å²) < 4.78 is 5.63. The largest absolute Gasteiger partial charge is 0.481 e. The highest BCUT2D eigenvalue weighted by molar-refractivity contribution is 5.75. The molecule has 1 saturated heterocycles. The average Bonchev–Trinajstić information content (AvgIpc) is 2.84. The zero-order valence-corrected chi connectivity index (χ0v) is 12.2.